The molecule has 1 aromatic carbocycles. The van der Waals surface area contributed by atoms with Crippen LogP contribution in [0.5, 0.6) is 0 Å². The summed E-state index contributed by atoms with van der Waals surface area (Å²) in [7, 11) is 0. The van der Waals surface area contributed by atoms with Gasteiger partial charge in [-0.3, -0.25) is 0 Å². The topological polar surface area (TPSA) is 77.8 Å². The molecule has 0 bridgehead atoms. The number of benzene rings is 1. The molecule has 0 aliphatic carbocycles. The average molecular weight is 313 g/mol. The van der Waals surface area contributed by atoms with E-state index in [1.165, 1.54) is 11.3 Å². The van der Waals surface area contributed by atoms with E-state index in [4.69, 9.17) is 33.5 Å². The minimum Gasteiger partial charge on any atom is -0.375 e. The fraction of sp³-hybridized carbons (Fsp3) is 0. The van der Waals surface area contributed by atoms with Crippen LogP contribution in [0, 0.1) is 0 Å². The summed E-state index contributed by atoms with van der Waals surface area (Å²) in [6.07, 6.45) is 1.59. The fourth-order valence-electron chi connectivity index (χ4n) is 1.51. The zero-order chi connectivity index (χ0) is 13.4. The minimum absolute atomic E-state index is 0.361. The lowest BCUT2D eigenvalue weighted by atomic mass is 10.2. The van der Waals surface area contributed by atoms with Crippen molar-refractivity contribution < 1.29 is 4.52 Å². The third kappa shape index (κ3) is 2.56. The van der Waals surface area contributed by atoms with Crippen LogP contribution in [0.15, 0.2) is 28.9 Å². The molecule has 2 N–H and O–H groups in total. The van der Waals surface area contributed by atoms with Crippen molar-refractivity contribution in [3.8, 4) is 22.2 Å². The predicted molar refractivity (Wildman–Crippen MR) is 75.3 cm³/mol. The van der Waals surface area contributed by atoms with Gasteiger partial charge in [0, 0.05) is 15.6 Å². The molecule has 19 heavy (non-hydrogen) atoms. The van der Waals surface area contributed by atoms with Crippen molar-refractivity contribution in [2.24, 2.45) is 0 Å². The van der Waals surface area contributed by atoms with Gasteiger partial charge in [-0.15, -0.1) is 0 Å². The molecule has 0 aliphatic heterocycles. The summed E-state index contributed by atoms with van der Waals surface area (Å²) in [5.41, 5.74) is 6.24. The highest BCUT2D eigenvalue weighted by Crippen LogP contribution is 2.29. The Labute approximate surface area is 122 Å². The van der Waals surface area contributed by atoms with Crippen molar-refractivity contribution in [1.82, 2.24) is 15.1 Å². The van der Waals surface area contributed by atoms with Gasteiger partial charge in [0.05, 0.1) is 6.20 Å². The second-order valence-corrected chi connectivity index (χ2v) is 5.58. The molecule has 0 atom stereocenters. The summed E-state index contributed by atoms with van der Waals surface area (Å²) in [6.45, 7) is 0. The zero-order valence-electron chi connectivity index (χ0n) is 9.30. The van der Waals surface area contributed by atoms with E-state index in [2.05, 4.69) is 15.1 Å². The van der Waals surface area contributed by atoms with Crippen LogP contribution >= 0.6 is 34.5 Å². The lowest BCUT2D eigenvalue weighted by Gasteiger charge is -1.96. The van der Waals surface area contributed by atoms with Crippen LogP contribution in [-0.2, 0) is 0 Å². The number of nitrogens with zero attached hydrogens (tertiary/aromatic N) is 3. The molecular weight excluding hydrogens is 307 g/mol. The third-order valence-corrected chi connectivity index (χ3v) is 3.53. The van der Waals surface area contributed by atoms with Crippen molar-refractivity contribution in [3.05, 3.63) is 34.4 Å². The number of anilines is 1. The number of aromatic nitrogens is 3. The molecule has 0 aliphatic rings. The van der Waals surface area contributed by atoms with Crippen LogP contribution in [0.2, 0.25) is 10.0 Å². The largest absolute Gasteiger partial charge is 0.375 e. The van der Waals surface area contributed by atoms with Crippen molar-refractivity contribution in [2.75, 3.05) is 5.73 Å². The van der Waals surface area contributed by atoms with Gasteiger partial charge in [0.1, 0.15) is 4.88 Å². The standard InChI is InChI=1S/C11H6Cl2N4OS/c12-6-1-5(2-7(13)3-6)9-16-10(18-17-9)8-4-15-11(14)19-8/h1-4H,(H2,14,15). The van der Waals surface area contributed by atoms with E-state index in [1.54, 1.807) is 24.4 Å². The van der Waals surface area contributed by atoms with E-state index in [-0.39, 0.29) is 0 Å². The molecule has 96 valence electrons. The Kier molecular flexibility index (Phi) is 3.14. The molecule has 3 aromatic rings. The number of thiazole rings is 1. The first-order valence-corrected chi connectivity index (χ1v) is 6.71. The van der Waals surface area contributed by atoms with Crippen LogP contribution in [0.1, 0.15) is 0 Å². The normalized spacial score (nSPS) is 10.8. The Hall–Kier alpha value is -1.63. The number of nitrogens with two attached hydrogens (primary N) is 1. The monoisotopic (exact) mass is 312 g/mol. The molecule has 5 nitrogen and oxygen atoms in total. The first kappa shape index (κ1) is 12.4. The van der Waals surface area contributed by atoms with Crippen molar-refractivity contribution in [2.45, 2.75) is 0 Å². The lowest BCUT2D eigenvalue weighted by molar-refractivity contribution is 0.433. The highest BCUT2D eigenvalue weighted by atomic mass is 35.5. The Balaban J connectivity index is 2.01. The molecule has 0 unspecified atom stereocenters. The summed E-state index contributed by atoms with van der Waals surface area (Å²) in [5, 5.41) is 5.35. The van der Waals surface area contributed by atoms with E-state index >= 15 is 0 Å². The third-order valence-electron chi connectivity index (χ3n) is 2.28. The van der Waals surface area contributed by atoms with Crippen molar-refractivity contribution >= 4 is 39.7 Å². The summed E-state index contributed by atoms with van der Waals surface area (Å²) < 4.78 is 5.17. The summed E-state index contributed by atoms with van der Waals surface area (Å²) in [5.74, 6) is 0.770. The first-order valence-electron chi connectivity index (χ1n) is 5.13. The summed E-state index contributed by atoms with van der Waals surface area (Å²) in [6, 6.07) is 5.06. The fourth-order valence-corrected chi connectivity index (χ4v) is 2.64. The van der Waals surface area contributed by atoms with Gasteiger partial charge in [-0.25, -0.2) is 4.98 Å². The maximum Gasteiger partial charge on any atom is 0.270 e. The van der Waals surface area contributed by atoms with Gasteiger partial charge in [0.2, 0.25) is 5.82 Å². The van der Waals surface area contributed by atoms with E-state index in [0.29, 0.717) is 37.3 Å². The number of hydrogen-bond donors (Lipinski definition) is 1. The van der Waals surface area contributed by atoms with Gasteiger partial charge >= 0.3 is 0 Å². The highest BCUT2D eigenvalue weighted by Gasteiger charge is 2.13. The van der Waals surface area contributed by atoms with Gasteiger partial charge in [-0.05, 0) is 18.2 Å². The van der Waals surface area contributed by atoms with E-state index < -0.39 is 0 Å². The molecule has 0 radical (unpaired) electrons. The number of halogens is 2. The lowest BCUT2D eigenvalue weighted by Crippen LogP contribution is -1.81. The van der Waals surface area contributed by atoms with Crippen LogP contribution in [0.3, 0.4) is 0 Å². The van der Waals surface area contributed by atoms with E-state index in [1.807, 2.05) is 0 Å². The van der Waals surface area contributed by atoms with Crippen LogP contribution in [0.4, 0.5) is 5.13 Å². The summed E-state index contributed by atoms with van der Waals surface area (Å²) in [4.78, 5) is 8.91. The number of rotatable bonds is 2. The second-order valence-electron chi connectivity index (χ2n) is 3.64. The summed E-state index contributed by atoms with van der Waals surface area (Å²) >= 11 is 13.1. The molecule has 0 spiro atoms. The quantitative estimate of drug-likeness (QED) is 0.779. The Morgan fingerprint density at radius 3 is 2.53 bits per heavy atom. The molecular formula is C11H6Cl2N4OS. The van der Waals surface area contributed by atoms with E-state index in [9.17, 15) is 0 Å². The van der Waals surface area contributed by atoms with Crippen LogP contribution in [-0.4, -0.2) is 15.1 Å². The molecule has 8 heteroatoms. The van der Waals surface area contributed by atoms with Gasteiger partial charge in [0.15, 0.2) is 5.13 Å². The average Bonchev–Trinajstić information content (AvgIpc) is 2.95. The minimum atomic E-state index is 0.361. The van der Waals surface area contributed by atoms with Crippen molar-refractivity contribution in [1.29, 1.82) is 0 Å². The number of nitrogen functional groups attached to an aromatic ring is 1. The van der Waals surface area contributed by atoms with Crippen molar-refractivity contribution in [3.63, 3.8) is 0 Å². The molecule has 3 rings (SSSR count). The van der Waals surface area contributed by atoms with Crippen LogP contribution < -0.4 is 5.73 Å². The van der Waals surface area contributed by atoms with Gasteiger partial charge < -0.3 is 10.3 Å². The van der Waals surface area contributed by atoms with E-state index in [0.717, 1.165) is 0 Å². The van der Waals surface area contributed by atoms with Gasteiger partial charge in [-0.1, -0.05) is 39.7 Å². The molecule has 2 aromatic heterocycles. The SMILES string of the molecule is Nc1ncc(-c2nc(-c3cc(Cl)cc(Cl)c3)no2)s1. The number of hydrogen-bond acceptors (Lipinski definition) is 6. The molecule has 0 amide bonds. The maximum atomic E-state index is 5.93. The van der Waals surface area contributed by atoms with Gasteiger partial charge in [0.25, 0.3) is 5.89 Å². The van der Waals surface area contributed by atoms with Crippen LogP contribution in [0.25, 0.3) is 22.2 Å². The van der Waals surface area contributed by atoms with Gasteiger partial charge in [-0.2, -0.15) is 4.98 Å². The zero-order valence-corrected chi connectivity index (χ0v) is 11.6. The maximum absolute atomic E-state index is 5.93. The second kappa shape index (κ2) is 4.80. The molecule has 2 heterocycles. The molecule has 0 saturated carbocycles. The Morgan fingerprint density at radius 2 is 1.89 bits per heavy atom. The smallest absolute Gasteiger partial charge is 0.270 e. The first-order chi connectivity index (χ1) is 9.11. The molecule has 0 saturated heterocycles. The highest BCUT2D eigenvalue weighted by molar-refractivity contribution is 7.18. The predicted octanol–water partition coefficient (Wildman–Crippen LogP) is 3.75. The Bertz CT molecular complexity index is 720. The Morgan fingerprint density at radius 1 is 1.16 bits per heavy atom. The molecule has 0 fully saturated rings.